The number of aromatic nitrogens is 1. The van der Waals surface area contributed by atoms with Gasteiger partial charge in [-0.05, 0) is 37.7 Å². The molecule has 0 fully saturated rings. The molecule has 0 radical (unpaired) electrons. The minimum atomic E-state index is -1.75. The lowest BCUT2D eigenvalue weighted by molar-refractivity contribution is -0.159. The molecule has 6 N–H and O–H groups in total. The Morgan fingerprint density at radius 3 is 2.13 bits per heavy atom. The molecule has 0 saturated heterocycles. The summed E-state index contributed by atoms with van der Waals surface area (Å²) in [5, 5.41) is 24.3. The number of amides is 5. The van der Waals surface area contributed by atoms with Crippen LogP contribution in [-0.2, 0) is 30.5 Å². The fourth-order valence-electron chi connectivity index (χ4n) is 4.71. The lowest BCUT2D eigenvalue weighted by Gasteiger charge is -2.45. The Morgan fingerprint density at radius 2 is 1.59 bits per heavy atom. The second-order valence-electron chi connectivity index (χ2n) is 12.9. The lowest BCUT2D eigenvalue weighted by atomic mass is 9.67. The molecular weight excluding hydrogens is 616 g/mol. The van der Waals surface area contributed by atoms with Crippen LogP contribution < -0.4 is 26.6 Å². The van der Waals surface area contributed by atoms with Gasteiger partial charge in [-0.2, -0.15) is 0 Å². The van der Waals surface area contributed by atoms with Gasteiger partial charge in [-0.3, -0.25) is 24.5 Å². The van der Waals surface area contributed by atoms with Crippen molar-refractivity contribution in [1.29, 1.82) is 0 Å². The Kier molecular flexibility index (Phi) is 12.8. The van der Waals surface area contributed by atoms with Crippen LogP contribution >= 0.6 is 11.3 Å². The molecule has 252 valence electrons. The van der Waals surface area contributed by atoms with Crippen molar-refractivity contribution >= 4 is 52.2 Å². The lowest BCUT2D eigenvalue weighted by Crippen LogP contribution is -2.68. The first-order valence-corrected chi connectivity index (χ1v) is 15.5. The van der Waals surface area contributed by atoms with E-state index in [1.54, 1.807) is 55.4 Å². The quantitative estimate of drug-likeness (QED) is 0.174. The number of nitrogens with zero attached hydrogens (tertiary/aromatic N) is 1. The summed E-state index contributed by atoms with van der Waals surface area (Å²) in [4.78, 5) is 80.4. The molecule has 0 bridgehead atoms. The summed E-state index contributed by atoms with van der Waals surface area (Å²) >= 11 is 1.00. The summed E-state index contributed by atoms with van der Waals surface area (Å²) in [5.74, 6) is -5.10. The molecule has 46 heavy (non-hydrogen) atoms. The molecule has 0 aliphatic rings. The van der Waals surface area contributed by atoms with Crippen molar-refractivity contribution in [3.05, 3.63) is 47.0 Å². The number of benzene rings is 1. The van der Waals surface area contributed by atoms with E-state index in [4.69, 9.17) is 4.74 Å². The fourth-order valence-corrected chi connectivity index (χ4v) is 5.40. The number of carboxylic acid groups (broad SMARTS) is 1. The van der Waals surface area contributed by atoms with Crippen molar-refractivity contribution in [2.24, 2.45) is 11.3 Å². The third-order valence-electron chi connectivity index (χ3n) is 6.81. The van der Waals surface area contributed by atoms with Crippen LogP contribution in [0, 0.1) is 11.3 Å². The normalized spacial score (nSPS) is 13.5. The Hall–Kier alpha value is -4.53. The van der Waals surface area contributed by atoms with Crippen molar-refractivity contribution in [2.45, 2.75) is 85.5 Å². The standard InChI is InChI=1S/C31H44N6O8S/c1-18(2)31(26(42)43,29(3,4)5)37-25(41)20(14-23(39)45-30(6,7)8)34-22(38)16-32-24(40)21-17-46-28(35-21)36-27(44)33-15-19-12-10-9-11-13-19/h9-13,17-18,20H,14-16H2,1-8H3,(H,32,40)(H,34,38)(H,37,41)(H,42,43)(H2,33,35,36,44)/t20-,31+/m0/s1. The molecular formula is C31H44N6O8S. The van der Waals surface area contributed by atoms with E-state index in [9.17, 15) is 33.9 Å². The summed E-state index contributed by atoms with van der Waals surface area (Å²) in [5.41, 5.74) is -2.75. The predicted octanol–water partition coefficient (Wildman–Crippen LogP) is 3.05. The van der Waals surface area contributed by atoms with Gasteiger partial charge in [-0.25, -0.2) is 14.6 Å². The summed E-state index contributed by atoms with van der Waals surface area (Å²) in [7, 11) is 0. The first-order chi connectivity index (χ1) is 21.2. The number of carbonyl (C=O) groups is 6. The van der Waals surface area contributed by atoms with Crippen LogP contribution in [0.3, 0.4) is 0 Å². The van der Waals surface area contributed by atoms with Gasteiger partial charge in [0.05, 0.1) is 13.0 Å². The van der Waals surface area contributed by atoms with Crippen molar-refractivity contribution < 1.29 is 38.6 Å². The molecule has 0 unspecified atom stereocenters. The third-order valence-corrected chi connectivity index (χ3v) is 7.57. The highest BCUT2D eigenvalue weighted by molar-refractivity contribution is 7.14. The average molecular weight is 661 g/mol. The van der Waals surface area contributed by atoms with Crippen LogP contribution in [0.25, 0.3) is 0 Å². The highest BCUT2D eigenvalue weighted by atomic mass is 32.1. The van der Waals surface area contributed by atoms with E-state index in [1.165, 1.54) is 5.38 Å². The summed E-state index contributed by atoms with van der Waals surface area (Å²) < 4.78 is 5.32. The Labute approximate surface area is 272 Å². The Bertz CT molecular complexity index is 1410. The maximum atomic E-state index is 13.5. The van der Waals surface area contributed by atoms with Gasteiger partial charge in [0.25, 0.3) is 5.91 Å². The van der Waals surface area contributed by atoms with E-state index in [-0.39, 0.29) is 10.8 Å². The molecule has 5 amide bonds. The number of ether oxygens (including phenoxy) is 1. The average Bonchev–Trinajstić information content (AvgIpc) is 3.40. The van der Waals surface area contributed by atoms with E-state index in [0.717, 1.165) is 16.9 Å². The smallest absolute Gasteiger partial charge is 0.330 e. The summed E-state index contributed by atoms with van der Waals surface area (Å²) in [6, 6.07) is 7.24. The molecule has 0 aliphatic heterocycles. The zero-order chi connectivity index (χ0) is 34.9. The monoisotopic (exact) mass is 660 g/mol. The van der Waals surface area contributed by atoms with Gasteiger partial charge >= 0.3 is 18.0 Å². The van der Waals surface area contributed by atoms with Crippen LogP contribution in [0.15, 0.2) is 35.7 Å². The SMILES string of the molecule is CC(C)[C@@](NC(=O)[C@H](CC(=O)OC(C)(C)C)NC(=O)CNC(=O)c1csc(NC(=O)NCc2ccccc2)n1)(C(=O)O)C(C)(C)C. The van der Waals surface area contributed by atoms with E-state index < -0.39 is 77.2 Å². The number of urea groups is 1. The van der Waals surface area contributed by atoms with Crippen LogP contribution in [0.4, 0.5) is 9.93 Å². The topological polar surface area (TPSA) is 205 Å². The molecule has 1 heterocycles. The highest BCUT2D eigenvalue weighted by Gasteiger charge is 2.53. The zero-order valence-corrected chi connectivity index (χ0v) is 28.2. The first-order valence-electron chi connectivity index (χ1n) is 14.6. The van der Waals surface area contributed by atoms with Crippen molar-refractivity contribution in [2.75, 3.05) is 11.9 Å². The van der Waals surface area contributed by atoms with Gasteiger partial charge < -0.3 is 31.1 Å². The second-order valence-corrected chi connectivity index (χ2v) is 13.8. The molecule has 0 saturated carbocycles. The van der Waals surface area contributed by atoms with Gasteiger partial charge in [0, 0.05) is 11.9 Å². The highest BCUT2D eigenvalue weighted by Crippen LogP contribution is 2.37. The molecule has 1 aromatic carbocycles. The minimum Gasteiger partial charge on any atom is -0.479 e. The van der Waals surface area contributed by atoms with E-state index in [1.807, 2.05) is 30.3 Å². The Morgan fingerprint density at radius 1 is 0.957 bits per heavy atom. The number of esters is 1. The minimum absolute atomic E-state index is 0.0624. The number of aliphatic carboxylic acids is 1. The van der Waals surface area contributed by atoms with Crippen LogP contribution in [-0.4, -0.2) is 69.5 Å². The number of rotatable bonds is 13. The van der Waals surface area contributed by atoms with Crippen LogP contribution in [0.5, 0.6) is 0 Å². The molecule has 2 rings (SSSR count). The number of thiazole rings is 1. The first kappa shape index (κ1) is 37.7. The van der Waals surface area contributed by atoms with Gasteiger partial charge in [0.1, 0.15) is 22.9 Å². The molecule has 15 heteroatoms. The summed E-state index contributed by atoms with van der Waals surface area (Å²) in [6.45, 7) is 12.9. The van der Waals surface area contributed by atoms with Crippen molar-refractivity contribution in [3.63, 3.8) is 0 Å². The number of nitrogens with one attached hydrogen (secondary N) is 5. The van der Waals surface area contributed by atoms with Gasteiger partial charge in [0.15, 0.2) is 5.13 Å². The Balaban J connectivity index is 2.08. The van der Waals surface area contributed by atoms with Gasteiger partial charge in [-0.15, -0.1) is 11.3 Å². The third kappa shape index (κ3) is 10.8. The van der Waals surface area contributed by atoms with Crippen molar-refractivity contribution in [3.8, 4) is 0 Å². The number of hydrogen-bond donors (Lipinski definition) is 6. The number of hydrogen-bond acceptors (Lipinski definition) is 9. The molecule has 2 aromatic rings. The number of anilines is 1. The number of carboxylic acids is 1. The van der Waals surface area contributed by atoms with Gasteiger partial charge in [0.2, 0.25) is 11.8 Å². The maximum absolute atomic E-state index is 13.5. The van der Waals surface area contributed by atoms with Crippen LogP contribution in [0.1, 0.15) is 77.9 Å². The van der Waals surface area contributed by atoms with Crippen molar-refractivity contribution in [1.82, 2.24) is 26.3 Å². The molecule has 14 nitrogen and oxygen atoms in total. The van der Waals surface area contributed by atoms with Crippen LogP contribution in [0.2, 0.25) is 0 Å². The van der Waals surface area contributed by atoms with E-state index in [0.29, 0.717) is 6.54 Å². The molecule has 0 aliphatic carbocycles. The predicted molar refractivity (Wildman–Crippen MR) is 172 cm³/mol. The summed E-state index contributed by atoms with van der Waals surface area (Å²) in [6.07, 6.45) is -0.589. The molecule has 1 aromatic heterocycles. The second kappa shape index (κ2) is 15.7. The van der Waals surface area contributed by atoms with Gasteiger partial charge in [-0.1, -0.05) is 65.0 Å². The zero-order valence-electron chi connectivity index (χ0n) is 27.4. The number of carbonyl (C=O) groups excluding carboxylic acids is 5. The maximum Gasteiger partial charge on any atom is 0.330 e. The largest absolute Gasteiger partial charge is 0.479 e. The van der Waals surface area contributed by atoms with E-state index >= 15 is 0 Å². The molecule has 0 spiro atoms. The fraction of sp³-hybridized carbons (Fsp3) is 0.516. The van der Waals surface area contributed by atoms with E-state index in [2.05, 4.69) is 31.6 Å². The molecule has 2 atom stereocenters.